The van der Waals surface area contributed by atoms with Crippen molar-refractivity contribution in [3.05, 3.63) is 0 Å². The lowest BCUT2D eigenvalue weighted by Gasteiger charge is -2.30. The molecular formula is C12H21NO4. The van der Waals surface area contributed by atoms with Gasteiger partial charge in [0, 0.05) is 0 Å². The number of nitrogens with one attached hydrogen (secondary N) is 1. The Morgan fingerprint density at radius 3 is 2.41 bits per heavy atom. The number of hydrogen-bond donors (Lipinski definition) is 1. The summed E-state index contributed by atoms with van der Waals surface area (Å²) < 4.78 is 9.99. The van der Waals surface area contributed by atoms with Gasteiger partial charge in [-0.2, -0.15) is 0 Å². The SMILES string of the molecule is COC(=O)C1CCNC(C(=O)OC(C)(C)C)C1. The first-order valence-electron chi connectivity index (χ1n) is 5.87. The van der Waals surface area contributed by atoms with E-state index < -0.39 is 11.6 Å². The minimum Gasteiger partial charge on any atom is -0.469 e. The topological polar surface area (TPSA) is 64.6 Å². The Hall–Kier alpha value is -1.10. The number of hydrogen-bond acceptors (Lipinski definition) is 5. The number of methoxy groups -OCH3 is 1. The van der Waals surface area contributed by atoms with Gasteiger partial charge in [-0.15, -0.1) is 0 Å². The molecule has 1 fully saturated rings. The Bertz CT molecular complexity index is 295. The summed E-state index contributed by atoms with van der Waals surface area (Å²) in [4.78, 5) is 23.3. The fraction of sp³-hybridized carbons (Fsp3) is 0.833. The highest BCUT2D eigenvalue weighted by Crippen LogP contribution is 2.20. The average molecular weight is 243 g/mol. The molecule has 1 saturated heterocycles. The largest absolute Gasteiger partial charge is 0.469 e. The van der Waals surface area contributed by atoms with Crippen LogP contribution < -0.4 is 5.32 Å². The van der Waals surface area contributed by atoms with Crippen molar-refractivity contribution in [2.45, 2.75) is 45.3 Å². The molecule has 1 aliphatic heterocycles. The van der Waals surface area contributed by atoms with Gasteiger partial charge in [0.2, 0.25) is 0 Å². The molecule has 98 valence electrons. The molecule has 17 heavy (non-hydrogen) atoms. The van der Waals surface area contributed by atoms with Crippen LogP contribution in [0.15, 0.2) is 0 Å². The van der Waals surface area contributed by atoms with E-state index in [2.05, 4.69) is 5.32 Å². The van der Waals surface area contributed by atoms with Crippen molar-refractivity contribution >= 4 is 11.9 Å². The van der Waals surface area contributed by atoms with Crippen molar-refractivity contribution in [2.75, 3.05) is 13.7 Å². The Labute approximate surface area is 102 Å². The number of rotatable bonds is 2. The summed E-state index contributed by atoms with van der Waals surface area (Å²) in [5.41, 5.74) is -0.503. The molecule has 1 rings (SSSR count). The standard InChI is InChI=1S/C12H21NO4/c1-12(2,3)17-11(15)9-7-8(5-6-13-9)10(14)16-4/h8-9,13H,5-7H2,1-4H3. The summed E-state index contributed by atoms with van der Waals surface area (Å²) in [5.74, 6) is -0.759. The lowest BCUT2D eigenvalue weighted by Crippen LogP contribution is -2.47. The molecule has 0 saturated carbocycles. The van der Waals surface area contributed by atoms with Gasteiger partial charge in [0.15, 0.2) is 0 Å². The van der Waals surface area contributed by atoms with Crippen LogP contribution in [0.3, 0.4) is 0 Å². The monoisotopic (exact) mass is 243 g/mol. The van der Waals surface area contributed by atoms with E-state index in [-0.39, 0.29) is 17.9 Å². The van der Waals surface area contributed by atoms with Crippen LogP contribution in [0.2, 0.25) is 0 Å². The summed E-state index contributed by atoms with van der Waals surface area (Å²) in [6.45, 7) is 6.10. The van der Waals surface area contributed by atoms with E-state index in [0.717, 1.165) is 0 Å². The fourth-order valence-corrected chi connectivity index (χ4v) is 1.85. The number of piperidine rings is 1. The van der Waals surface area contributed by atoms with Crippen LogP contribution in [0.5, 0.6) is 0 Å². The maximum Gasteiger partial charge on any atom is 0.323 e. The second-order valence-corrected chi connectivity index (χ2v) is 5.28. The summed E-state index contributed by atoms with van der Waals surface area (Å²) in [7, 11) is 1.37. The molecule has 5 nitrogen and oxygen atoms in total. The van der Waals surface area contributed by atoms with E-state index in [9.17, 15) is 9.59 Å². The number of ether oxygens (including phenoxy) is 2. The lowest BCUT2D eigenvalue weighted by atomic mass is 9.92. The first kappa shape index (κ1) is 14.0. The Kier molecular flexibility index (Phi) is 4.51. The molecule has 2 atom stereocenters. The molecule has 0 aromatic rings. The highest BCUT2D eigenvalue weighted by Gasteiger charge is 2.33. The molecule has 0 aliphatic carbocycles. The maximum atomic E-state index is 11.8. The van der Waals surface area contributed by atoms with E-state index in [1.54, 1.807) is 0 Å². The smallest absolute Gasteiger partial charge is 0.323 e. The highest BCUT2D eigenvalue weighted by atomic mass is 16.6. The second-order valence-electron chi connectivity index (χ2n) is 5.28. The molecule has 1 aliphatic rings. The van der Waals surface area contributed by atoms with Gasteiger partial charge in [-0.25, -0.2) is 0 Å². The van der Waals surface area contributed by atoms with Crippen LogP contribution >= 0.6 is 0 Å². The summed E-state index contributed by atoms with van der Waals surface area (Å²) in [6.07, 6.45) is 1.15. The summed E-state index contributed by atoms with van der Waals surface area (Å²) in [6, 6.07) is -0.410. The van der Waals surface area contributed by atoms with Gasteiger partial charge in [0.25, 0.3) is 0 Å². The molecule has 0 amide bonds. The Balaban J connectivity index is 2.55. The van der Waals surface area contributed by atoms with Crippen molar-refractivity contribution < 1.29 is 19.1 Å². The molecule has 2 unspecified atom stereocenters. The zero-order chi connectivity index (χ0) is 13.1. The minimum absolute atomic E-state index is 0.209. The molecule has 1 heterocycles. The first-order chi connectivity index (χ1) is 7.83. The van der Waals surface area contributed by atoms with E-state index in [1.807, 2.05) is 20.8 Å². The van der Waals surface area contributed by atoms with Gasteiger partial charge in [-0.1, -0.05) is 0 Å². The predicted octanol–water partition coefficient (Wildman–Crippen LogP) is 0.869. The zero-order valence-corrected chi connectivity index (χ0v) is 10.9. The van der Waals surface area contributed by atoms with Gasteiger partial charge in [-0.05, 0) is 40.2 Å². The maximum absolute atomic E-state index is 11.8. The van der Waals surface area contributed by atoms with Crippen molar-refractivity contribution in [1.82, 2.24) is 5.32 Å². The number of esters is 2. The fourth-order valence-electron chi connectivity index (χ4n) is 1.85. The van der Waals surface area contributed by atoms with E-state index >= 15 is 0 Å². The van der Waals surface area contributed by atoms with Crippen molar-refractivity contribution in [3.63, 3.8) is 0 Å². The minimum atomic E-state index is -0.503. The molecule has 1 N–H and O–H groups in total. The number of carbonyl (C=O) groups excluding carboxylic acids is 2. The van der Waals surface area contributed by atoms with E-state index in [4.69, 9.17) is 9.47 Å². The van der Waals surface area contributed by atoms with Gasteiger partial charge >= 0.3 is 11.9 Å². The first-order valence-corrected chi connectivity index (χ1v) is 5.87. The van der Waals surface area contributed by atoms with E-state index in [1.165, 1.54) is 7.11 Å². The van der Waals surface area contributed by atoms with E-state index in [0.29, 0.717) is 19.4 Å². The molecule has 0 aromatic heterocycles. The van der Waals surface area contributed by atoms with Crippen LogP contribution in [0.1, 0.15) is 33.6 Å². The Morgan fingerprint density at radius 1 is 1.24 bits per heavy atom. The Morgan fingerprint density at radius 2 is 1.88 bits per heavy atom. The van der Waals surface area contributed by atoms with Crippen molar-refractivity contribution in [1.29, 1.82) is 0 Å². The van der Waals surface area contributed by atoms with Crippen molar-refractivity contribution in [2.24, 2.45) is 5.92 Å². The molecular weight excluding hydrogens is 222 g/mol. The molecule has 0 aromatic carbocycles. The molecule has 5 heteroatoms. The quantitative estimate of drug-likeness (QED) is 0.729. The number of carbonyl (C=O) groups is 2. The third kappa shape index (κ3) is 4.34. The summed E-state index contributed by atoms with van der Waals surface area (Å²) >= 11 is 0. The molecule has 0 radical (unpaired) electrons. The van der Waals surface area contributed by atoms with Crippen LogP contribution in [-0.2, 0) is 19.1 Å². The zero-order valence-electron chi connectivity index (χ0n) is 10.9. The van der Waals surface area contributed by atoms with Gasteiger partial charge < -0.3 is 14.8 Å². The second kappa shape index (κ2) is 5.49. The van der Waals surface area contributed by atoms with Gasteiger partial charge in [0.05, 0.1) is 13.0 Å². The third-order valence-corrected chi connectivity index (χ3v) is 2.63. The van der Waals surface area contributed by atoms with Crippen LogP contribution in [0.25, 0.3) is 0 Å². The molecule has 0 spiro atoms. The predicted molar refractivity (Wildman–Crippen MR) is 62.4 cm³/mol. The lowest BCUT2D eigenvalue weighted by molar-refractivity contribution is -0.159. The summed E-state index contributed by atoms with van der Waals surface area (Å²) in [5, 5.41) is 3.07. The third-order valence-electron chi connectivity index (χ3n) is 2.63. The molecule has 0 bridgehead atoms. The van der Waals surface area contributed by atoms with Gasteiger partial charge in [0.1, 0.15) is 11.6 Å². The van der Waals surface area contributed by atoms with Crippen molar-refractivity contribution in [3.8, 4) is 0 Å². The van der Waals surface area contributed by atoms with Gasteiger partial charge in [-0.3, -0.25) is 9.59 Å². The van der Waals surface area contributed by atoms with Crippen LogP contribution in [0, 0.1) is 5.92 Å². The highest BCUT2D eigenvalue weighted by molar-refractivity contribution is 5.79. The average Bonchev–Trinajstić information content (AvgIpc) is 2.26. The van der Waals surface area contributed by atoms with Crippen LogP contribution in [-0.4, -0.2) is 37.2 Å². The normalized spacial score (nSPS) is 25.2. The van der Waals surface area contributed by atoms with Crippen LogP contribution in [0.4, 0.5) is 0 Å².